The van der Waals surface area contributed by atoms with Gasteiger partial charge in [0.1, 0.15) is 0 Å². The maximum Gasteiger partial charge on any atom is 0.243 e. The summed E-state index contributed by atoms with van der Waals surface area (Å²) >= 11 is 0. The molecule has 1 aliphatic heterocycles. The monoisotopic (exact) mass is 219 g/mol. The predicted molar refractivity (Wildman–Crippen MR) is 58.8 cm³/mol. The number of amides is 1. The summed E-state index contributed by atoms with van der Waals surface area (Å²) in [5.74, 6) is -0.0353. The molecule has 0 saturated heterocycles. The third-order valence-corrected chi connectivity index (χ3v) is 2.43. The Labute approximate surface area is 93.4 Å². The fourth-order valence-corrected chi connectivity index (χ4v) is 1.62. The Balaban J connectivity index is 2.22. The van der Waals surface area contributed by atoms with Crippen LogP contribution >= 0.6 is 0 Å². The number of nitrogens with zero attached hydrogens (tertiary/aromatic N) is 3. The number of hydrogen-bond donors (Lipinski definition) is 1. The van der Waals surface area contributed by atoms with E-state index in [9.17, 15) is 4.79 Å². The van der Waals surface area contributed by atoms with Gasteiger partial charge in [-0.3, -0.25) is 9.78 Å². The normalized spacial score (nSPS) is 16.2. The second-order valence-corrected chi connectivity index (χ2v) is 3.52. The summed E-state index contributed by atoms with van der Waals surface area (Å²) in [7, 11) is 0. The van der Waals surface area contributed by atoms with E-state index in [1.54, 1.807) is 12.4 Å². The van der Waals surface area contributed by atoms with Crippen LogP contribution in [0.3, 0.4) is 0 Å². The van der Waals surface area contributed by atoms with Crippen LogP contribution in [0.5, 0.6) is 0 Å². The van der Waals surface area contributed by atoms with Crippen molar-refractivity contribution in [3.8, 4) is 0 Å². The number of hydrazone groups is 1. The Morgan fingerprint density at radius 3 is 2.75 bits per heavy atom. The minimum atomic E-state index is -0.0706. The van der Waals surface area contributed by atoms with Gasteiger partial charge >= 0.3 is 0 Å². The van der Waals surface area contributed by atoms with Crippen LogP contribution in [0.15, 0.2) is 29.6 Å². The molecule has 0 atom stereocenters. The van der Waals surface area contributed by atoms with Crippen molar-refractivity contribution in [1.29, 1.82) is 0 Å². The molecule has 84 valence electrons. The molecule has 1 amide bonds. The third-order valence-electron chi connectivity index (χ3n) is 2.43. The lowest BCUT2D eigenvalue weighted by Crippen LogP contribution is -2.34. The molecule has 0 bridgehead atoms. The average molecular weight is 219 g/mol. The first-order chi connectivity index (χ1) is 7.81. The fourth-order valence-electron chi connectivity index (χ4n) is 1.62. The summed E-state index contributed by atoms with van der Waals surface area (Å²) in [6.07, 6.45) is 4.49. The average Bonchev–Trinajstić information content (AvgIpc) is 2.33. The molecule has 0 fully saturated rings. The summed E-state index contributed by atoms with van der Waals surface area (Å²) in [5.41, 5.74) is 1.85. The summed E-state index contributed by atoms with van der Waals surface area (Å²) < 4.78 is 0. The quantitative estimate of drug-likeness (QED) is 0.800. The van der Waals surface area contributed by atoms with Crippen LogP contribution in [-0.4, -0.2) is 39.9 Å². The van der Waals surface area contributed by atoms with Crippen LogP contribution < -0.4 is 0 Å². The van der Waals surface area contributed by atoms with E-state index < -0.39 is 0 Å². The molecule has 0 saturated carbocycles. The highest BCUT2D eigenvalue weighted by Gasteiger charge is 2.20. The Hall–Kier alpha value is -1.75. The Morgan fingerprint density at radius 1 is 1.31 bits per heavy atom. The zero-order valence-corrected chi connectivity index (χ0v) is 8.83. The number of aliphatic hydroxyl groups excluding tert-OH is 1. The van der Waals surface area contributed by atoms with Gasteiger partial charge in [-0.2, -0.15) is 5.10 Å². The lowest BCUT2D eigenvalue weighted by atomic mass is 10.1. The van der Waals surface area contributed by atoms with Gasteiger partial charge < -0.3 is 5.11 Å². The minimum absolute atomic E-state index is 0.0353. The van der Waals surface area contributed by atoms with Gasteiger partial charge in [0.25, 0.3) is 0 Å². The lowest BCUT2D eigenvalue weighted by Gasteiger charge is -2.22. The van der Waals surface area contributed by atoms with E-state index >= 15 is 0 Å². The fraction of sp³-hybridized carbons (Fsp3) is 0.364. The van der Waals surface area contributed by atoms with Crippen LogP contribution in [-0.2, 0) is 4.79 Å². The summed E-state index contributed by atoms with van der Waals surface area (Å²) in [5, 5.41) is 14.4. The number of β-amino-alcohol motifs (C(OH)–C–C–N with tert-alkyl or cyclic N) is 1. The lowest BCUT2D eigenvalue weighted by molar-refractivity contribution is -0.132. The molecule has 1 aromatic heterocycles. The standard InChI is InChI=1S/C11H13N3O2/c15-8-7-14-11(16)2-1-10(13-14)9-3-5-12-6-4-9/h3-6,15H,1-2,7-8H2. The topological polar surface area (TPSA) is 65.8 Å². The van der Waals surface area contributed by atoms with Crippen molar-refractivity contribution in [2.45, 2.75) is 12.8 Å². The van der Waals surface area contributed by atoms with Gasteiger partial charge in [-0.1, -0.05) is 0 Å². The van der Waals surface area contributed by atoms with Crippen LogP contribution in [0.2, 0.25) is 0 Å². The molecule has 1 aliphatic rings. The number of carbonyl (C=O) groups is 1. The number of carbonyl (C=O) groups excluding carboxylic acids is 1. The smallest absolute Gasteiger partial charge is 0.243 e. The SMILES string of the molecule is O=C1CCC(c2ccncc2)=NN1CCO. The molecule has 0 aliphatic carbocycles. The predicted octanol–water partition coefficient (Wildman–Crippen LogP) is 0.400. The van der Waals surface area contributed by atoms with Gasteiger partial charge in [-0.25, -0.2) is 5.01 Å². The van der Waals surface area contributed by atoms with Crippen LogP contribution in [0.25, 0.3) is 0 Å². The number of hydrogen-bond acceptors (Lipinski definition) is 4. The Morgan fingerprint density at radius 2 is 2.06 bits per heavy atom. The number of rotatable bonds is 3. The molecular weight excluding hydrogens is 206 g/mol. The molecule has 0 radical (unpaired) electrons. The molecule has 16 heavy (non-hydrogen) atoms. The van der Waals surface area contributed by atoms with E-state index in [-0.39, 0.29) is 19.1 Å². The summed E-state index contributed by atoms with van der Waals surface area (Å²) in [4.78, 5) is 15.4. The van der Waals surface area contributed by atoms with E-state index in [2.05, 4.69) is 10.1 Å². The summed E-state index contributed by atoms with van der Waals surface area (Å²) in [6, 6.07) is 3.73. The molecule has 2 heterocycles. The van der Waals surface area contributed by atoms with Crippen molar-refractivity contribution in [3.63, 3.8) is 0 Å². The van der Waals surface area contributed by atoms with E-state index in [0.717, 1.165) is 11.3 Å². The number of aromatic nitrogens is 1. The zero-order chi connectivity index (χ0) is 11.4. The largest absolute Gasteiger partial charge is 0.394 e. The highest BCUT2D eigenvalue weighted by atomic mass is 16.3. The molecule has 1 N–H and O–H groups in total. The van der Waals surface area contributed by atoms with Crippen LogP contribution in [0.1, 0.15) is 18.4 Å². The second-order valence-electron chi connectivity index (χ2n) is 3.52. The first kappa shape index (κ1) is 10.8. The van der Waals surface area contributed by atoms with Crippen molar-refractivity contribution < 1.29 is 9.90 Å². The Kier molecular flexibility index (Phi) is 3.26. The Bertz CT molecular complexity index is 403. The number of aliphatic hydroxyl groups is 1. The molecule has 2 rings (SSSR count). The van der Waals surface area contributed by atoms with E-state index in [0.29, 0.717) is 12.8 Å². The van der Waals surface area contributed by atoms with Crippen molar-refractivity contribution in [1.82, 2.24) is 9.99 Å². The molecule has 0 spiro atoms. The van der Waals surface area contributed by atoms with Crippen LogP contribution in [0.4, 0.5) is 0 Å². The molecular formula is C11H13N3O2. The molecule has 5 heteroatoms. The van der Waals surface area contributed by atoms with Gasteiger partial charge in [0.05, 0.1) is 18.9 Å². The maximum atomic E-state index is 11.5. The highest BCUT2D eigenvalue weighted by molar-refractivity contribution is 6.04. The molecule has 1 aromatic rings. The van der Waals surface area contributed by atoms with Gasteiger partial charge in [0.2, 0.25) is 5.91 Å². The second kappa shape index (κ2) is 4.85. The first-order valence-corrected chi connectivity index (χ1v) is 5.20. The van der Waals surface area contributed by atoms with E-state index in [1.165, 1.54) is 5.01 Å². The van der Waals surface area contributed by atoms with Crippen LogP contribution in [0, 0.1) is 0 Å². The minimum Gasteiger partial charge on any atom is -0.394 e. The van der Waals surface area contributed by atoms with Gasteiger partial charge in [0.15, 0.2) is 0 Å². The van der Waals surface area contributed by atoms with Crippen molar-refractivity contribution >= 4 is 11.6 Å². The van der Waals surface area contributed by atoms with Gasteiger partial charge in [0, 0.05) is 30.8 Å². The highest BCUT2D eigenvalue weighted by Crippen LogP contribution is 2.14. The molecule has 5 nitrogen and oxygen atoms in total. The first-order valence-electron chi connectivity index (χ1n) is 5.20. The van der Waals surface area contributed by atoms with E-state index in [4.69, 9.17) is 5.11 Å². The van der Waals surface area contributed by atoms with Crippen molar-refractivity contribution in [2.24, 2.45) is 5.10 Å². The zero-order valence-electron chi connectivity index (χ0n) is 8.83. The third kappa shape index (κ3) is 2.25. The van der Waals surface area contributed by atoms with Gasteiger partial charge in [-0.05, 0) is 12.1 Å². The maximum absolute atomic E-state index is 11.5. The van der Waals surface area contributed by atoms with Crippen molar-refractivity contribution in [2.75, 3.05) is 13.2 Å². The van der Waals surface area contributed by atoms with E-state index in [1.807, 2.05) is 12.1 Å². The summed E-state index contributed by atoms with van der Waals surface area (Å²) in [6.45, 7) is 0.187. The van der Waals surface area contributed by atoms with Crippen molar-refractivity contribution in [3.05, 3.63) is 30.1 Å². The number of pyridine rings is 1. The van der Waals surface area contributed by atoms with Gasteiger partial charge in [-0.15, -0.1) is 0 Å². The molecule has 0 unspecified atom stereocenters. The molecule has 0 aromatic carbocycles.